The predicted octanol–water partition coefficient (Wildman–Crippen LogP) is 1.77. The molecule has 2 saturated heterocycles. The van der Waals surface area contributed by atoms with Crippen molar-refractivity contribution in [3.8, 4) is 0 Å². The molecule has 0 N–H and O–H groups in total. The fourth-order valence-electron chi connectivity index (χ4n) is 3.68. The standard InChI is InChI=1S/C17H27N3O2/c1-14(19-10-8-18(2)9-11-19)15-3-6-20(7-4-15)17(21)16-5-12-22-13-16/h5,12-15H,3-4,6-11H2,1-2H3. The lowest BCUT2D eigenvalue weighted by Gasteiger charge is -2.42. The third-order valence-electron chi connectivity index (χ3n) is 5.39. The SMILES string of the molecule is CC(C1CCN(C(=O)c2ccoc2)CC1)N1CCN(C)CC1. The molecule has 5 heteroatoms. The summed E-state index contributed by atoms with van der Waals surface area (Å²) in [5, 5.41) is 0. The van der Waals surface area contributed by atoms with Gasteiger partial charge in [0.05, 0.1) is 11.8 Å². The molecule has 0 spiro atoms. The van der Waals surface area contributed by atoms with Gasteiger partial charge in [0.25, 0.3) is 5.91 Å². The minimum atomic E-state index is 0.111. The van der Waals surface area contributed by atoms with Crippen molar-refractivity contribution in [2.24, 2.45) is 5.92 Å². The van der Waals surface area contributed by atoms with Gasteiger partial charge in [-0.3, -0.25) is 9.69 Å². The highest BCUT2D eigenvalue weighted by atomic mass is 16.3. The molecule has 1 aromatic heterocycles. The summed E-state index contributed by atoms with van der Waals surface area (Å²) in [4.78, 5) is 19.3. The van der Waals surface area contributed by atoms with E-state index in [9.17, 15) is 4.79 Å². The van der Waals surface area contributed by atoms with Gasteiger partial charge < -0.3 is 14.2 Å². The minimum Gasteiger partial charge on any atom is -0.472 e. The first kappa shape index (κ1) is 15.6. The Labute approximate surface area is 132 Å². The van der Waals surface area contributed by atoms with Crippen LogP contribution in [0.4, 0.5) is 0 Å². The lowest BCUT2D eigenvalue weighted by atomic mass is 9.89. The van der Waals surface area contributed by atoms with Crippen molar-refractivity contribution in [3.05, 3.63) is 24.2 Å². The number of hydrogen-bond acceptors (Lipinski definition) is 4. The zero-order chi connectivity index (χ0) is 15.5. The van der Waals surface area contributed by atoms with E-state index in [1.165, 1.54) is 26.2 Å². The molecule has 5 nitrogen and oxygen atoms in total. The number of amides is 1. The first-order valence-electron chi connectivity index (χ1n) is 8.39. The van der Waals surface area contributed by atoms with Crippen LogP contribution in [0.5, 0.6) is 0 Å². The van der Waals surface area contributed by atoms with Gasteiger partial charge in [-0.25, -0.2) is 0 Å². The molecule has 0 saturated carbocycles. The van der Waals surface area contributed by atoms with Gasteiger partial charge in [0.1, 0.15) is 6.26 Å². The Morgan fingerprint density at radius 3 is 2.45 bits per heavy atom. The van der Waals surface area contributed by atoms with Crippen molar-refractivity contribution in [3.63, 3.8) is 0 Å². The van der Waals surface area contributed by atoms with Gasteiger partial charge in [0.15, 0.2) is 0 Å². The summed E-state index contributed by atoms with van der Waals surface area (Å²) < 4.78 is 5.02. The molecule has 0 aromatic carbocycles. The van der Waals surface area contributed by atoms with Crippen LogP contribution >= 0.6 is 0 Å². The van der Waals surface area contributed by atoms with Crippen LogP contribution in [0.2, 0.25) is 0 Å². The normalized spacial score (nSPS) is 23.6. The number of furan rings is 1. The molecular weight excluding hydrogens is 278 g/mol. The molecule has 2 aliphatic rings. The molecule has 0 radical (unpaired) electrons. The Hall–Kier alpha value is -1.33. The number of piperidine rings is 1. The summed E-state index contributed by atoms with van der Waals surface area (Å²) in [5.74, 6) is 0.816. The van der Waals surface area contributed by atoms with Gasteiger partial charge in [-0.1, -0.05) is 0 Å². The lowest BCUT2D eigenvalue weighted by Crippen LogP contribution is -2.52. The zero-order valence-corrected chi connectivity index (χ0v) is 13.7. The van der Waals surface area contributed by atoms with Crippen LogP contribution in [0.15, 0.2) is 23.0 Å². The average Bonchev–Trinajstić information content (AvgIpc) is 3.09. The first-order valence-corrected chi connectivity index (χ1v) is 8.39. The number of likely N-dealkylation sites (tertiary alicyclic amines) is 1. The van der Waals surface area contributed by atoms with Gasteiger partial charge in [-0.15, -0.1) is 0 Å². The predicted molar refractivity (Wildman–Crippen MR) is 85.9 cm³/mol. The minimum absolute atomic E-state index is 0.111. The molecule has 122 valence electrons. The second-order valence-corrected chi connectivity index (χ2v) is 6.72. The van der Waals surface area contributed by atoms with E-state index in [-0.39, 0.29) is 5.91 Å². The number of carbonyl (C=O) groups excluding carboxylic acids is 1. The van der Waals surface area contributed by atoms with E-state index >= 15 is 0 Å². The molecule has 0 bridgehead atoms. The van der Waals surface area contributed by atoms with Crippen molar-refractivity contribution in [2.75, 3.05) is 46.3 Å². The molecule has 1 unspecified atom stereocenters. The smallest absolute Gasteiger partial charge is 0.257 e. The largest absolute Gasteiger partial charge is 0.472 e. The van der Waals surface area contributed by atoms with Gasteiger partial charge in [0, 0.05) is 45.3 Å². The van der Waals surface area contributed by atoms with Crippen LogP contribution in [-0.2, 0) is 0 Å². The molecule has 3 rings (SSSR count). The Kier molecular flexibility index (Phi) is 4.84. The fraction of sp³-hybridized carbons (Fsp3) is 0.706. The van der Waals surface area contributed by atoms with E-state index < -0.39 is 0 Å². The highest BCUT2D eigenvalue weighted by molar-refractivity contribution is 5.93. The third kappa shape index (κ3) is 3.36. The van der Waals surface area contributed by atoms with Gasteiger partial charge >= 0.3 is 0 Å². The van der Waals surface area contributed by atoms with Crippen LogP contribution in [0.1, 0.15) is 30.1 Å². The number of carbonyl (C=O) groups is 1. The highest BCUT2D eigenvalue weighted by Crippen LogP contribution is 2.25. The Bertz CT molecular complexity index is 472. The molecule has 1 aromatic rings. The maximum atomic E-state index is 12.3. The number of likely N-dealkylation sites (N-methyl/N-ethyl adjacent to an activating group) is 1. The average molecular weight is 305 g/mol. The fourth-order valence-corrected chi connectivity index (χ4v) is 3.68. The molecule has 1 amide bonds. The van der Waals surface area contributed by atoms with Crippen molar-refractivity contribution in [1.82, 2.24) is 14.7 Å². The van der Waals surface area contributed by atoms with Crippen molar-refractivity contribution < 1.29 is 9.21 Å². The topological polar surface area (TPSA) is 39.9 Å². The van der Waals surface area contributed by atoms with E-state index in [4.69, 9.17) is 4.42 Å². The molecule has 1 atom stereocenters. The summed E-state index contributed by atoms with van der Waals surface area (Å²) in [6.45, 7) is 8.78. The van der Waals surface area contributed by atoms with E-state index in [0.29, 0.717) is 17.5 Å². The summed E-state index contributed by atoms with van der Waals surface area (Å²) >= 11 is 0. The van der Waals surface area contributed by atoms with Crippen LogP contribution in [0.25, 0.3) is 0 Å². The molecule has 22 heavy (non-hydrogen) atoms. The van der Waals surface area contributed by atoms with E-state index in [2.05, 4.69) is 23.8 Å². The Balaban J connectivity index is 1.50. The summed E-state index contributed by atoms with van der Waals surface area (Å²) in [6.07, 6.45) is 5.32. The molecule has 2 aliphatic heterocycles. The van der Waals surface area contributed by atoms with Crippen molar-refractivity contribution in [2.45, 2.75) is 25.8 Å². The highest BCUT2D eigenvalue weighted by Gasteiger charge is 2.30. The number of rotatable bonds is 3. The summed E-state index contributed by atoms with van der Waals surface area (Å²) in [6, 6.07) is 2.38. The van der Waals surface area contributed by atoms with Crippen molar-refractivity contribution in [1.29, 1.82) is 0 Å². The van der Waals surface area contributed by atoms with Crippen LogP contribution < -0.4 is 0 Å². The lowest BCUT2D eigenvalue weighted by molar-refractivity contribution is 0.0500. The zero-order valence-electron chi connectivity index (χ0n) is 13.7. The summed E-state index contributed by atoms with van der Waals surface area (Å²) in [5.41, 5.74) is 0.672. The second-order valence-electron chi connectivity index (χ2n) is 6.72. The maximum absolute atomic E-state index is 12.3. The first-order chi connectivity index (χ1) is 10.6. The van der Waals surface area contributed by atoms with Crippen LogP contribution in [0.3, 0.4) is 0 Å². The third-order valence-corrected chi connectivity index (χ3v) is 5.39. The number of hydrogen-bond donors (Lipinski definition) is 0. The van der Waals surface area contributed by atoms with Gasteiger partial charge in [-0.05, 0) is 38.8 Å². The van der Waals surface area contributed by atoms with Crippen LogP contribution in [0, 0.1) is 5.92 Å². The van der Waals surface area contributed by atoms with E-state index in [1.54, 1.807) is 18.6 Å². The van der Waals surface area contributed by atoms with Gasteiger partial charge in [-0.2, -0.15) is 0 Å². The quantitative estimate of drug-likeness (QED) is 0.853. The molecule has 2 fully saturated rings. The summed E-state index contributed by atoms with van der Waals surface area (Å²) in [7, 11) is 2.20. The molecule has 3 heterocycles. The molecular formula is C17H27N3O2. The van der Waals surface area contributed by atoms with Crippen LogP contribution in [-0.4, -0.2) is 73.0 Å². The second kappa shape index (κ2) is 6.84. The maximum Gasteiger partial charge on any atom is 0.257 e. The number of piperazine rings is 1. The van der Waals surface area contributed by atoms with Crippen molar-refractivity contribution >= 4 is 5.91 Å². The number of nitrogens with zero attached hydrogens (tertiary/aromatic N) is 3. The monoisotopic (exact) mass is 305 g/mol. The van der Waals surface area contributed by atoms with E-state index in [1.807, 2.05) is 4.90 Å². The Morgan fingerprint density at radius 1 is 1.18 bits per heavy atom. The Morgan fingerprint density at radius 2 is 1.86 bits per heavy atom. The van der Waals surface area contributed by atoms with E-state index in [0.717, 1.165) is 25.9 Å². The van der Waals surface area contributed by atoms with Gasteiger partial charge in [0.2, 0.25) is 0 Å². The molecule has 0 aliphatic carbocycles.